The first-order chi connectivity index (χ1) is 7.53. The topological polar surface area (TPSA) is 66.3 Å². The number of aromatic nitrogens is 2. The Morgan fingerprint density at radius 2 is 2.31 bits per heavy atom. The molecular weight excluding hydrogens is 206 g/mol. The second-order valence-corrected chi connectivity index (χ2v) is 4.51. The van der Waals surface area contributed by atoms with Crippen LogP contribution in [0.4, 0.5) is 0 Å². The summed E-state index contributed by atoms with van der Waals surface area (Å²) in [5.74, 6) is -0.172. The van der Waals surface area contributed by atoms with E-state index in [2.05, 4.69) is 9.97 Å². The maximum Gasteiger partial charge on any atom is 0.274 e. The van der Waals surface area contributed by atoms with E-state index in [1.54, 1.807) is 4.90 Å². The van der Waals surface area contributed by atoms with Crippen LogP contribution in [0.3, 0.4) is 0 Å². The van der Waals surface area contributed by atoms with E-state index >= 15 is 0 Å². The molecule has 0 radical (unpaired) electrons. The monoisotopic (exact) mass is 221 g/mol. The summed E-state index contributed by atoms with van der Waals surface area (Å²) in [7, 11) is 0. The zero-order valence-corrected chi connectivity index (χ0v) is 9.42. The normalized spacial score (nSPS) is 23.4. The lowest BCUT2D eigenvalue weighted by Crippen LogP contribution is -2.48. The van der Waals surface area contributed by atoms with Gasteiger partial charge in [-0.05, 0) is 20.3 Å². The van der Waals surface area contributed by atoms with Gasteiger partial charge in [-0.3, -0.25) is 9.78 Å². The Morgan fingerprint density at radius 3 is 2.81 bits per heavy atom. The Kier molecular flexibility index (Phi) is 2.63. The van der Waals surface area contributed by atoms with Gasteiger partial charge in [0.1, 0.15) is 5.69 Å². The third-order valence-corrected chi connectivity index (χ3v) is 3.16. The summed E-state index contributed by atoms with van der Waals surface area (Å²) in [5.41, 5.74) is -0.209. The van der Waals surface area contributed by atoms with Crippen molar-refractivity contribution >= 4 is 5.91 Å². The summed E-state index contributed by atoms with van der Waals surface area (Å²) in [4.78, 5) is 21.6. The Balaban J connectivity index is 2.24. The SMILES string of the molecule is CC1(C)C(O)CCN1C(=O)c1cnccn1. The molecule has 1 atom stereocenters. The second-order valence-electron chi connectivity index (χ2n) is 4.51. The number of aliphatic hydroxyl groups is 1. The van der Waals surface area contributed by atoms with Gasteiger partial charge in [-0.2, -0.15) is 0 Å². The number of carbonyl (C=O) groups excluding carboxylic acids is 1. The summed E-state index contributed by atoms with van der Waals surface area (Å²) in [6.45, 7) is 4.28. The summed E-state index contributed by atoms with van der Waals surface area (Å²) in [5, 5.41) is 9.79. The quantitative estimate of drug-likeness (QED) is 0.748. The first-order valence-corrected chi connectivity index (χ1v) is 5.29. The average molecular weight is 221 g/mol. The minimum absolute atomic E-state index is 0.172. The molecule has 16 heavy (non-hydrogen) atoms. The maximum atomic E-state index is 12.1. The minimum Gasteiger partial charge on any atom is -0.391 e. The summed E-state index contributed by atoms with van der Waals surface area (Å²) >= 11 is 0. The van der Waals surface area contributed by atoms with Gasteiger partial charge in [-0.1, -0.05) is 0 Å². The van der Waals surface area contributed by atoms with Gasteiger partial charge in [0, 0.05) is 18.9 Å². The standard InChI is InChI=1S/C11H15N3O2/c1-11(2)9(15)3-6-14(11)10(16)8-7-12-4-5-13-8/h4-5,7,9,15H,3,6H2,1-2H3. The molecule has 1 aromatic heterocycles. The van der Waals surface area contributed by atoms with Gasteiger partial charge in [-0.25, -0.2) is 4.98 Å². The third-order valence-electron chi connectivity index (χ3n) is 3.16. The highest BCUT2D eigenvalue weighted by molar-refractivity contribution is 5.92. The first-order valence-electron chi connectivity index (χ1n) is 5.29. The minimum atomic E-state index is -0.533. The molecule has 0 saturated carbocycles. The number of nitrogens with zero attached hydrogens (tertiary/aromatic N) is 3. The zero-order chi connectivity index (χ0) is 11.8. The molecule has 1 aliphatic heterocycles. The van der Waals surface area contributed by atoms with E-state index in [1.807, 2.05) is 13.8 Å². The lowest BCUT2D eigenvalue weighted by molar-refractivity contribution is 0.0389. The lowest BCUT2D eigenvalue weighted by atomic mass is 9.98. The molecule has 1 unspecified atom stereocenters. The molecule has 0 bridgehead atoms. The van der Waals surface area contributed by atoms with Crippen molar-refractivity contribution < 1.29 is 9.90 Å². The van der Waals surface area contributed by atoms with Crippen molar-refractivity contribution in [1.82, 2.24) is 14.9 Å². The van der Waals surface area contributed by atoms with Gasteiger partial charge in [0.15, 0.2) is 0 Å². The van der Waals surface area contributed by atoms with Gasteiger partial charge < -0.3 is 10.0 Å². The first kappa shape index (κ1) is 11.0. The predicted molar refractivity (Wildman–Crippen MR) is 57.8 cm³/mol. The molecule has 1 fully saturated rings. The molecule has 0 spiro atoms. The van der Waals surface area contributed by atoms with Crippen LogP contribution in [0, 0.1) is 0 Å². The molecule has 86 valence electrons. The van der Waals surface area contributed by atoms with Gasteiger partial charge >= 0.3 is 0 Å². The number of likely N-dealkylation sites (tertiary alicyclic amines) is 1. The third kappa shape index (κ3) is 1.67. The van der Waals surface area contributed by atoms with Crippen LogP contribution in [0.25, 0.3) is 0 Å². The molecule has 1 N–H and O–H groups in total. The smallest absolute Gasteiger partial charge is 0.274 e. The van der Waals surface area contributed by atoms with Crippen molar-refractivity contribution in [3.05, 3.63) is 24.3 Å². The van der Waals surface area contributed by atoms with Crippen molar-refractivity contribution in [1.29, 1.82) is 0 Å². The number of aliphatic hydroxyl groups excluding tert-OH is 1. The van der Waals surface area contributed by atoms with Crippen LogP contribution in [0.2, 0.25) is 0 Å². The van der Waals surface area contributed by atoms with Crippen molar-refractivity contribution in [3.8, 4) is 0 Å². The van der Waals surface area contributed by atoms with E-state index in [4.69, 9.17) is 0 Å². The molecule has 2 heterocycles. The zero-order valence-electron chi connectivity index (χ0n) is 9.42. The van der Waals surface area contributed by atoms with Gasteiger partial charge in [0.05, 0.1) is 17.8 Å². The molecule has 1 amide bonds. The van der Waals surface area contributed by atoms with Crippen LogP contribution in [0.5, 0.6) is 0 Å². The van der Waals surface area contributed by atoms with Crippen LogP contribution in [0.15, 0.2) is 18.6 Å². The molecular formula is C11H15N3O2. The molecule has 0 aliphatic carbocycles. The Morgan fingerprint density at radius 1 is 1.56 bits per heavy atom. The molecule has 5 heteroatoms. The van der Waals surface area contributed by atoms with Crippen molar-refractivity contribution in [3.63, 3.8) is 0 Å². The average Bonchev–Trinajstić information content (AvgIpc) is 2.54. The maximum absolute atomic E-state index is 12.1. The highest BCUT2D eigenvalue weighted by atomic mass is 16.3. The lowest BCUT2D eigenvalue weighted by Gasteiger charge is -2.33. The number of carbonyl (C=O) groups is 1. The Bertz CT molecular complexity index is 391. The largest absolute Gasteiger partial charge is 0.391 e. The summed E-state index contributed by atoms with van der Waals surface area (Å²) in [6, 6.07) is 0. The van der Waals surface area contributed by atoms with E-state index in [1.165, 1.54) is 18.6 Å². The molecule has 1 aliphatic rings. The Labute approximate surface area is 94.1 Å². The highest BCUT2D eigenvalue weighted by Crippen LogP contribution is 2.29. The van der Waals surface area contributed by atoms with E-state index in [-0.39, 0.29) is 5.91 Å². The number of hydrogen-bond acceptors (Lipinski definition) is 4. The van der Waals surface area contributed by atoms with Crippen LogP contribution in [-0.4, -0.2) is 44.1 Å². The predicted octanol–water partition coefficient (Wildman–Crippen LogP) is 0.462. The fourth-order valence-electron chi connectivity index (χ4n) is 1.98. The molecule has 2 rings (SSSR count). The molecule has 5 nitrogen and oxygen atoms in total. The van der Waals surface area contributed by atoms with E-state index in [0.717, 1.165) is 0 Å². The number of amides is 1. The fraction of sp³-hybridized carbons (Fsp3) is 0.545. The van der Waals surface area contributed by atoms with E-state index < -0.39 is 11.6 Å². The summed E-state index contributed by atoms with van der Waals surface area (Å²) < 4.78 is 0. The molecule has 0 aromatic carbocycles. The fourth-order valence-corrected chi connectivity index (χ4v) is 1.98. The summed E-state index contributed by atoms with van der Waals surface area (Å²) in [6.07, 6.45) is 4.60. The number of rotatable bonds is 1. The van der Waals surface area contributed by atoms with Crippen LogP contribution in [0.1, 0.15) is 30.8 Å². The molecule has 1 aromatic rings. The van der Waals surface area contributed by atoms with Crippen molar-refractivity contribution in [2.75, 3.05) is 6.54 Å². The Hall–Kier alpha value is -1.49. The molecule has 1 saturated heterocycles. The van der Waals surface area contributed by atoms with Crippen LogP contribution >= 0.6 is 0 Å². The van der Waals surface area contributed by atoms with E-state index in [9.17, 15) is 9.90 Å². The van der Waals surface area contributed by atoms with Crippen LogP contribution < -0.4 is 0 Å². The number of hydrogen-bond donors (Lipinski definition) is 1. The van der Waals surface area contributed by atoms with Gasteiger partial charge in [0.2, 0.25) is 0 Å². The highest BCUT2D eigenvalue weighted by Gasteiger charge is 2.43. The van der Waals surface area contributed by atoms with Crippen molar-refractivity contribution in [2.45, 2.75) is 31.9 Å². The van der Waals surface area contributed by atoms with E-state index in [0.29, 0.717) is 18.7 Å². The van der Waals surface area contributed by atoms with Gasteiger partial charge in [0.25, 0.3) is 5.91 Å². The van der Waals surface area contributed by atoms with Crippen molar-refractivity contribution in [2.24, 2.45) is 0 Å². The van der Waals surface area contributed by atoms with Gasteiger partial charge in [-0.15, -0.1) is 0 Å². The second kappa shape index (κ2) is 3.83. The van der Waals surface area contributed by atoms with Crippen LogP contribution in [-0.2, 0) is 0 Å².